The van der Waals surface area contributed by atoms with Gasteiger partial charge in [-0.2, -0.15) is 10.2 Å². The number of rotatable bonds is 12. The third kappa shape index (κ3) is 13.2. The van der Waals surface area contributed by atoms with Gasteiger partial charge < -0.3 is 29.0 Å². The van der Waals surface area contributed by atoms with Crippen LogP contribution in [0.15, 0.2) is 81.1 Å². The van der Waals surface area contributed by atoms with E-state index in [-0.39, 0.29) is 10.2 Å². The van der Waals surface area contributed by atoms with E-state index in [0.717, 1.165) is 11.4 Å². The van der Waals surface area contributed by atoms with Gasteiger partial charge in [-0.15, -0.1) is 10.2 Å². The van der Waals surface area contributed by atoms with Gasteiger partial charge in [-0.3, -0.25) is 9.80 Å². The van der Waals surface area contributed by atoms with Crippen LogP contribution >= 0.6 is 46.6 Å². The molecule has 2 N–H and O–H groups in total. The Morgan fingerprint density at radius 3 is 1.47 bits per heavy atom. The second-order valence-electron chi connectivity index (χ2n) is 9.46. The Morgan fingerprint density at radius 1 is 0.721 bits per heavy atom. The second-order valence-corrected chi connectivity index (χ2v) is 15.2. The van der Waals surface area contributed by atoms with Gasteiger partial charge in [0.1, 0.15) is 0 Å². The number of halogens is 2. The minimum absolute atomic E-state index is 0.164. The van der Waals surface area contributed by atoms with E-state index in [4.69, 9.17) is 64.9 Å². The lowest BCUT2D eigenvalue weighted by Crippen LogP contribution is -2.47. The van der Waals surface area contributed by atoms with Crippen LogP contribution < -0.4 is 10.6 Å². The Hall–Kier alpha value is -2.02. The number of anilines is 2. The zero-order valence-electron chi connectivity index (χ0n) is 23.4. The van der Waals surface area contributed by atoms with Crippen molar-refractivity contribution in [3.8, 4) is 0 Å². The maximum absolute atomic E-state index is 6.72. The number of hydrogen-bond acceptors (Lipinski definition) is 10. The van der Waals surface area contributed by atoms with E-state index in [0.29, 0.717) is 65.7 Å². The summed E-state index contributed by atoms with van der Waals surface area (Å²) in [5.74, 6) is 0. The Bertz CT molecular complexity index is 1120. The molecule has 0 bridgehead atoms. The number of para-hydroxylation sites is 2. The van der Waals surface area contributed by atoms with Crippen molar-refractivity contribution in [3.63, 3.8) is 0 Å². The fraction of sp³-hybridized carbons (Fsp3) is 0.462. The second kappa shape index (κ2) is 18.1. The van der Waals surface area contributed by atoms with Gasteiger partial charge in [0.2, 0.25) is 10.2 Å². The Labute approximate surface area is 272 Å². The molecule has 2 aromatic carbocycles. The van der Waals surface area contributed by atoms with Crippen molar-refractivity contribution >= 4 is 75.4 Å². The Kier molecular flexibility index (Phi) is 14.2. The van der Waals surface area contributed by atoms with Crippen LogP contribution in [-0.4, -0.2) is 105 Å². The number of ether oxygens (including phenoxy) is 2. The minimum Gasteiger partial charge on any atom is -0.379 e. The van der Waals surface area contributed by atoms with E-state index in [1.165, 1.54) is 0 Å². The van der Waals surface area contributed by atoms with Gasteiger partial charge in [-0.05, 0) is 48.7 Å². The highest BCUT2D eigenvalue weighted by Gasteiger charge is 2.41. The van der Waals surface area contributed by atoms with Crippen molar-refractivity contribution in [2.24, 2.45) is 20.5 Å². The maximum atomic E-state index is 6.72. The average Bonchev–Trinajstić information content (AvgIpc) is 3.00. The first kappa shape index (κ1) is 33.9. The van der Waals surface area contributed by atoms with Crippen molar-refractivity contribution in [3.05, 3.63) is 60.7 Å². The molecule has 232 valence electrons. The van der Waals surface area contributed by atoms with Crippen LogP contribution in [0.25, 0.3) is 0 Å². The lowest BCUT2D eigenvalue weighted by Gasteiger charge is -2.32. The summed E-state index contributed by atoms with van der Waals surface area (Å²) in [6.45, 7) is 5.88. The molecule has 0 amide bonds. The molecule has 2 aliphatic rings. The molecule has 2 aliphatic heterocycles. The molecular formula is C26H34Cl2N8O4S2Si. The van der Waals surface area contributed by atoms with Crippen LogP contribution in [0.1, 0.15) is 0 Å². The van der Waals surface area contributed by atoms with Gasteiger partial charge in [0.05, 0.1) is 26.4 Å². The van der Waals surface area contributed by atoms with Gasteiger partial charge in [-0.1, -0.05) is 58.6 Å². The Morgan fingerprint density at radius 2 is 1.09 bits per heavy atom. The minimum atomic E-state index is -3.90. The molecule has 0 saturated carbocycles. The molecule has 17 heteroatoms. The van der Waals surface area contributed by atoms with Crippen LogP contribution in [0.2, 0.25) is 0 Å². The molecule has 12 nitrogen and oxygen atoms in total. The fourth-order valence-electron chi connectivity index (χ4n) is 4.12. The van der Waals surface area contributed by atoms with Crippen LogP contribution in [0.4, 0.5) is 11.4 Å². The van der Waals surface area contributed by atoms with E-state index in [1.54, 1.807) is 0 Å². The summed E-state index contributed by atoms with van der Waals surface area (Å²) < 4.78 is 23.1. The number of benzene rings is 2. The molecule has 43 heavy (non-hydrogen) atoms. The van der Waals surface area contributed by atoms with Crippen LogP contribution in [0.5, 0.6) is 0 Å². The monoisotopic (exact) mass is 684 g/mol. The zero-order chi connectivity index (χ0) is 30.3. The SMILES string of the molecule is S=C(/N=N\C(CN1CCOCC1)O[Si](Cl)(Cl)OC(CN1CCOCC1)/N=N\C(=S)Nc1ccccc1)Nc1ccccc1. The largest absolute Gasteiger partial charge is 0.554 e. The van der Waals surface area contributed by atoms with Gasteiger partial charge in [-0.25, -0.2) is 0 Å². The predicted octanol–water partition coefficient (Wildman–Crippen LogP) is 4.95. The highest BCUT2D eigenvalue weighted by molar-refractivity contribution is 7.80. The predicted molar refractivity (Wildman–Crippen MR) is 177 cm³/mol. The molecular weight excluding hydrogens is 651 g/mol. The smallest absolute Gasteiger partial charge is 0.379 e. The highest BCUT2D eigenvalue weighted by atomic mass is 35.7. The van der Waals surface area contributed by atoms with Crippen molar-refractivity contribution in [1.82, 2.24) is 9.80 Å². The average molecular weight is 686 g/mol. The number of thiocarbonyl (C=S) groups is 2. The van der Waals surface area contributed by atoms with Crippen molar-refractivity contribution in [2.45, 2.75) is 12.5 Å². The van der Waals surface area contributed by atoms with Gasteiger partial charge in [0.15, 0.2) is 12.5 Å². The number of nitrogens with zero attached hydrogens (tertiary/aromatic N) is 6. The third-order valence-electron chi connectivity index (χ3n) is 6.19. The summed E-state index contributed by atoms with van der Waals surface area (Å²) in [4.78, 5) is 4.25. The summed E-state index contributed by atoms with van der Waals surface area (Å²) in [6, 6.07) is 18.9. The number of hydrogen-bond donors (Lipinski definition) is 2. The maximum Gasteiger partial charge on any atom is 0.554 e. The molecule has 4 rings (SSSR count). The van der Waals surface area contributed by atoms with Crippen LogP contribution in [0.3, 0.4) is 0 Å². The van der Waals surface area contributed by atoms with Gasteiger partial charge in [0.25, 0.3) is 0 Å². The van der Waals surface area contributed by atoms with Crippen LogP contribution in [0, 0.1) is 0 Å². The molecule has 2 unspecified atom stereocenters. The molecule has 0 radical (unpaired) electrons. The van der Waals surface area contributed by atoms with E-state index in [1.807, 2.05) is 60.7 Å². The van der Waals surface area contributed by atoms with Gasteiger partial charge >= 0.3 is 7.18 Å². The molecule has 2 saturated heterocycles. The molecule has 0 aliphatic carbocycles. The zero-order valence-corrected chi connectivity index (χ0v) is 27.5. The Balaban J connectivity index is 1.43. The van der Waals surface area contributed by atoms with E-state index in [9.17, 15) is 0 Å². The van der Waals surface area contributed by atoms with E-state index < -0.39 is 19.6 Å². The highest BCUT2D eigenvalue weighted by Crippen LogP contribution is 2.25. The molecule has 0 aromatic heterocycles. The number of nitrogens with one attached hydrogen (secondary N) is 2. The van der Waals surface area contributed by atoms with E-state index >= 15 is 0 Å². The summed E-state index contributed by atoms with van der Waals surface area (Å²) >= 11 is 24.2. The number of morpholine rings is 2. The first-order valence-corrected chi connectivity index (χ1v) is 18.4. The summed E-state index contributed by atoms with van der Waals surface area (Å²) in [7, 11) is -3.90. The lowest BCUT2D eigenvalue weighted by atomic mass is 10.3. The quantitative estimate of drug-likeness (QED) is 0.138. The molecule has 2 heterocycles. The van der Waals surface area contributed by atoms with Gasteiger partial charge in [0, 0.05) is 50.6 Å². The molecule has 2 atom stereocenters. The normalized spacial score (nSPS) is 18.5. The summed E-state index contributed by atoms with van der Waals surface area (Å²) in [6.07, 6.45) is -1.73. The topological polar surface area (TPSA) is 117 Å². The molecule has 2 fully saturated rings. The van der Waals surface area contributed by atoms with E-state index in [2.05, 4.69) is 40.9 Å². The fourth-order valence-corrected chi connectivity index (χ4v) is 6.62. The van der Waals surface area contributed by atoms with Crippen molar-refractivity contribution in [1.29, 1.82) is 0 Å². The van der Waals surface area contributed by atoms with Crippen molar-refractivity contribution < 1.29 is 18.3 Å². The standard InChI is InChI=1S/C26H34Cl2N8O4S2Si/c27-43(28,39-23(19-35-11-15-37-16-12-35)31-33-25(41)29-21-7-3-1-4-8-21)40-24(20-36-13-17-38-18-14-36)32-34-26(42)30-22-9-5-2-6-10-22/h1-10,23-24H,11-20H2,(H,29,41)(H,30,42)/b33-31-,34-32-. The van der Waals surface area contributed by atoms with Crippen LogP contribution in [-0.2, 0) is 18.3 Å². The summed E-state index contributed by atoms with van der Waals surface area (Å²) in [5, 5.41) is 23.4. The lowest BCUT2D eigenvalue weighted by molar-refractivity contribution is 0.00308. The molecule has 0 spiro atoms. The van der Waals surface area contributed by atoms with Crippen molar-refractivity contribution in [2.75, 3.05) is 76.3 Å². The first-order valence-electron chi connectivity index (χ1n) is 13.7. The number of azo groups is 2. The summed E-state index contributed by atoms with van der Waals surface area (Å²) in [5.41, 5.74) is 1.57. The molecule has 2 aromatic rings. The first-order chi connectivity index (χ1) is 20.8. The third-order valence-corrected chi connectivity index (χ3v) is 8.72.